The predicted octanol–water partition coefficient (Wildman–Crippen LogP) is -2.29. The molecule has 0 bridgehead atoms. The topological polar surface area (TPSA) is 104 Å². The monoisotopic (exact) mass is 258 g/mol. The molecular formula is C12H22N2O4-2. The molecule has 0 heterocycles. The van der Waals surface area contributed by atoms with Crippen LogP contribution in [0.15, 0.2) is 0 Å². The van der Waals surface area contributed by atoms with Gasteiger partial charge < -0.3 is 30.4 Å². The zero-order valence-corrected chi connectivity index (χ0v) is 11.4. The molecule has 0 fully saturated rings. The zero-order valence-electron chi connectivity index (χ0n) is 11.4. The van der Waals surface area contributed by atoms with Gasteiger partial charge in [0.1, 0.15) is 0 Å². The molecule has 6 heteroatoms. The van der Waals surface area contributed by atoms with Crippen LogP contribution in [-0.2, 0) is 9.59 Å². The highest BCUT2D eigenvalue weighted by Crippen LogP contribution is 2.01. The molecule has 0 radical (unpaired) electrons. The fourth-order valence-corrected chi connectivity index (χ4v) is 1.64. The van der Waals surface area contributed by atoms with Crippen molar-refractivity contribution in [2.24, 2.45) is 11.8 Å². The Morgan fingerprint density at radius 3 is 1.28 bits per heavy atom. The van der Waals surface area contributed by atoms with Crippen molar-refractivity contribution >= 4 is 11.9 Å². The Kier molecular flexibility index (Phi) is 7.54. The SMILES string of the molecule is CC(C)[C@H](NCCN[C@H](C(=O)[O-])C(C)C)C(=O)[O-]. The molecule has 0 aromatic carbocycles. The molecule has 0 aliphatic rings. The first kappa shape index (κ1) is 16.9. The van der Waals surface area contributed by atoms with Gasteiger partial charge in [0.25, 0.3) is 0 Å². The predicted molar refractivity (Wildman–Crippen MR) is 63.3 cm³/mol. The summed E-state index contributed by atoms with van der Waals surface area (Å²) in [5, 5.41) is 27.2. The van der Waals surface area contributed by atoms with E-state index in [0.717, 1.165) is 0 Å². The molecule has 18 heavy (non-hydrogen) atoms. The summed E-state index contributed by atoms with van der Waals surface area (Å²) in [6, 6.07) is -1.46. The van der Waals surface area contributed by atoms with E-state index >= 15 is 0 Å². The molecular weight excluding hydrogens is 236 g/mol. The Balaban J connectivity index is 4.04. The molecule has 2 N–H and O–H groups in total. The summed E-state index contributed by atoms with van der Waals surface area (Å²) < 4.78 is 0. The Morgan fingerprint density at radius 1 is 0.833 bits per heavy atom. The van der Waals surface area contributed by atoms with Gasteiger partial charge in [0, 0.05) is 25.2 Å². The summed E-state index contributed by atoms with van der Waals surface area (Å²) in [4.78, 5) is 21.6. The minimum atomic E-state index is -1.15. The summed E-state index contributed by atoms with van der Waals surface area (Å²) in [6.07, 6.45) is 0. The lowest BCUT2D eigenvalue weighted by Crippen LogP contribution is -2.53. The van der Waals surface area contributed by atoms with Gasteiger partial charge in [0.05, 0.1) is 11.9 Å². The van der Waals surface area contributed by atoms with E-state index < -0.39 is 24.0 Å². The van der Waals surface area contributed by atoms with Crippen molar-refractivity contribution in [3.63, 3.8) is 0 Å². The maximum atomic E-state index is 10.8. The standard InChI is InChI=1S/C12H24N2O4/c1-7(2)9(11(15)16)13-5-6-14-10(8(3)4)12(17)18/h7-10,13-14H,5-6H2,1-4H3,(H,15,16)(H,17,18)/p-2/t9-,10-/m0/s1. The average molecular weight is 258 g/mol. The number of hydrogen-bond donors (Lipinski definition) is 2. The molecule has 0 amide bonds. The highest BCUT2D eigenvalue weighted by molar-refractivity contribution is 5.72. The van der Waals surface area contributed by atoms with Crippen LogP contribution >= 0.6 is 0 Å². The van der Waals surface area contributed by atoms with Crippen molar-refractivity contribution in [2.45, 2.75) is 39.8 Å². The molecule has 0 aromatic heterocycles. The smallest absolute Gasteiger partial charge is 0.0586 e. The lowest BCUT2D eigenvalue weighted by molar-refractivity contribution is -0.311. The molecule has 6 nitrogen and oxygen atoms in total. The molecule has 2 atom stereocenters. The van der Waals surface area contributed by atoms with E-state index in [2.05, 4.69) is 10.6 Å². The molecule has 0 saturated heterocycles. The van der Waals surface area contributed by atoms with Gasteiger partial charge >= 0.3 is 0 Å². The molecule has 0 unspecified atom stereocenters. The van der Waals surface area contributed by atoms with Gasteiger partial charge in [-0.25, -0.2) is 0 Å². The van der Waals surface area contributed by atoms with Crippen molar-refractivity contribution in [1.82, 2.24) is 10.6 Å². The summed E-state index contributed by atoms with van der Waals surface area (Å²) in [5.74, 6) is -2.47. The van der Waals surface area contributed by atoms with Gasteiger partial charge in [-0.2, -0.15) is 0 Å². The minimum absolute atomic E-state index is 0.0861. The fourth-order valence-electron chi connectivity index (χ4n) is 1.64. The number of carboxylic acid groups (broad SMARTS) is 2. The third kappa shape index (κ3) is 5.97. The third-order valence-corrected chi connectivity index (χ3v) is 2.69. The van der Waals surface area contributed by atoms with Gasteiger partial charge in [0.2, 0.25) is 0 Å². The quantitative estimate of drug-likeness (QED) is 0.451. The van der Waals surface area contributed by atoms with E-state index in [4.69, 9.17) is 0 Å². The first-order chi connectivity index (χ1) is 8.27. The van der Waals surface area contributed by atoms with Crippen LogP contribution in [0.1, 0.15) is 27.7 Å². The van der Waals surface area contributed by atoms with Crippen molar-refractivity contribution in [2.75, 3.05) is 13.1 Å². The molecule has 0 aliphatic heterocycles. The van der Waals surface area contributed by atoms with Crippen molar-refractivity contribution in [1.29, 1.82) is 0 Å². The number of carbonyl (C=O) groups excluding carboxylic acids is 2. The third-order valence-electron chi connectivity index (χ3n) is 2.69. The molecule has 0 saturated carbocycles. The van der Waals surface area contributed by atoms with Gasteiger partial charge in [0.15, 0.2) is 0 Å². The average Bonchev–Trinajstić information content (AvgIpc) is 2.20. The lowest BCUT2D eigenvalue weighted by Gasteiger charge is -2.26. The molecule has 0 spiro atoms. The van der Waals surface area contributed by atoms with E-state index in [1.807, 2.05) is 0 Å². The highest BCUT2D eigenvalue weighted by Gasteiger charge is 2.15. The Hall–Kier alpha value is -1.14. The summed E-state index contributed by atoms with van der Waals surface area (Å²) in [6.45, 7) is 7.82. The number of hydrogen-bond acceptors (Lipinski definition) is 6. The lowest BCUT2D eigenvalue weighted by atomic mass is 10.0. The first-order valence-electron chi connectivity index (χ1n) is 6.15. The number of aliphatic carboxylic acids is 2. The second-order valence-electron chi connectivity index (χ2n) is 4.99. The molecule has 0 rings (SSSR count). The van der Waals surface area contributed by atoms with E-state index in [-0.39, 0.29) is 11.8 Å². The van der Waals surface area contributed by atoms with E-state index in [1.165, 1.54) is 0 Å². The second kappa shape index (κ2) is 8.05. The van der Waals surface area contributed by atoms with Crippen LogP contribution in [0.5, 0.6) is 0 Å². The van der Waals surface area contributed by atoms with Crippen LogP contribution in [-0.4, -0.2) is 37.1 Å². The maximum absolute atomic E-state index is 10.8. The second-order valence-corrected chi connectivity index (χ2v) is 4.99. The number of carbonyl (C=O) groups is 2. The maximum Gasteiger partial charge on any atom is 0.0586 e. The minimum Gasteiger partial charge on any atom is -0.548 e. The van der Waals surface area contributed by atoms with E-state index in [9.17, 15) is 19.8 Å². The Labute approximate surface area is 108 Å². The number of rotatable bonds is 9. The largest absolute Gasteiger partial charge is 0.548 e. The summed E-state index contributed by atoms with van der Waals surface area (Å²) in [5.41, 5.74) is 0. The number of carboxylic acids is 2. The van der Waals surface area contributed by atoms with Crippen LogP contribution in [0, 0.1) is 11.8 Å². The summed E-state index contributed by atoms with van der Waals surface area (Å²) in [7, 11) is 0. The van der Waals surface area contributed by atoms with Crippen molar-refractivity contribution in [3.8, 4) is 0 Å². The van der Waals surface area contributed by atoms with Gasteiger partial charge in [-0.15, -0.1) is 0 Å². The van der Waals surface area contributed by atoms with E-state index in [1.54, 1.807) is 27.7 Å². The summed E-state index contributed by atoms with van der Waals surface area (Å²) >= 11 is 0. The van der Waals surface area contributed by atoms with E-state index in [0.29, 0.717) is 13.1 Å². The van der Waals surface area contributed by atoms with Crippen LogP contribution < -0.4 is 20.8 Å². The van der Waals surface area contributed by atoms with Crippen molar-refractivity contribution in [3.05, 3.63) is 0 Å². The Morgan fingerprint density at radius 2 is 1.11 bits per heavy atom. The van der Waals surface area contributed by atoms with Crippen LogP contribution in [0.2, 0.25) is 0 Å². The fraction of sp³-hybridized carbons (Fsp3) is 0.833. The van der Waals surface area contributed by atoms with Crippen LogP contribution in [0.4, 0.5) is 0 Å². The van der Waals surface area contributed by atoms with Crippen LogP contribution in [0.3, 0.4) is 0 Å². The molecule has 0 aliphatic carbocycles. The van der Waals surface area contributed by atoms with Gasteiger partial charge in [-0.05, 0) is 11.8 Å². The Bertz CT molecular complexity index is 251. The molecule has 106 valence electrons. The first-order valence-corrected chi connectivity index (χ1v) is 6.15. The van der Waals surface area contributed by atoms with Gasteiger partial charge in [-0.3, -0.25) is 0 Å². The van der Waals surface area contributed by atoms with Crippen LogP contribution in [0.25, 0.3) is 0 Å². The number of nitrogens with one attached hydrogen (secondary N) is 2. The highest BCUT2D eigenvalue weighted by atomic mass is 16.4. The zero-order chi connectivity index (χ0) is 14.3. The molecule has 0 aromatic rings. The van der Waals surface area contributed by atoms with Gasteiger partial charge in [-0.1, -0.05) is 27.7 Å². The van der Waals surface area contributed by atoms with Crippen molar-refractivity contribution < 1.29 is 19.8 Å². The normalized spacial score (nSPS) is 14.8.